The van der Waals surface area contributed by atoms with Gasteiger partial charge >= 0.3 is 0 Å². The molecule has 1 aliphatic rings. The van der Waals surface area contributed by atoms with Gasteiger partial charge in [-0.15, -0.1) is 24.0 Å². The lowest BCUT2D eigenvalue weighted by molar-refractivity contribution is 0.420. The van der Waals surface area contributed by atoms with E-state index in [1.54, 1.807) is 12.4 Å². The summed E-state index contributed by atoms with van der Waals surface area (Å²) < 4.78 is 0. The summed E-state index contributed by atoms with van der Waals surface area (Å²) in [6, 6.07) is 8.25. The average molecular weight is 494 g/mol. The van der Waals surface area contributed by atoms with Crippen LogP contribution in [0.15, 0.2) is 41.7 Å². The minimum absolute atomic E-state index is 0. The van der Waals surface area contributed by atoms with Crippen LogP contribution in [0.1, 0.15) is 37.8 Å². The smallest absolute Gasteiger partial charge is 0.225 e. The lowest BCUT2D eigenvalue weighted by Crippen LogP contribution is -2.38. The molecule has 3 N–H and O–H groups in total. The number of nitrogens with two attached hydrogens (primary N) is 1. The van der Waals surface area contributed by atoms with Gasteiger partial charge in [-0.25, -0.2) is 9.97 Å². The molecule has 1 aromatic heterocycles. The molecule has 1 unspecified atom stereocenters. The van der Waals surface area contributed by atoms with E-state index < -0.39 is 0 Å². The van der Waals surface area contributed by atoms with Gasteiger partial charge in [-0.1, -0.05) is 32.0 Å². The van der Waals surface area contributed by atoms with Crippen molar-refractivity contribution >= 4 is 41.6 Å². The Balaban J connectivity index is 0.00000280. The number of guanidine groups is 1. The van der Waals surface area contributed by atoms with Gasteiger partial charge in [0.15, 0.2) is 5.96 Å². The minimum atomic E-state index is 0. The number of aromatic nitrogens is 2. The zero-order valence-corrected chi connectivity index (χ0v) is 19.1. The molecular weight excluding hydrogens is 463 g/mol. The van der Waals surface area contributed by atoms with Crippen LogP contribution in [0, 0.1) is 5.92 Å². The number of nitrogens with zero attached hydrogens (tertiary/aromatic N) is 4. The van der Waals surface area contributed by atoms with Gasteiger partial charge in [-0.2, -0.15) is 0 Å². The van der Waals surface area contributed by atoms with Gasteiger partial charge in [0.1, 0.15) is 0 Å². The lowest BCUT2D eigenvalue weighted by Gasteiger charge is -2.32. The van der Waals surface area contributed by atoms with Crippen molar-refractivity contribution in [2.24, 2.45) is 16.6 Å². The maximum Gasteiger partial charge on any atom is 0.225 e. The third-order valence-electron chi connectivity index (χ3n) is 5.13. The lowest BCUT2D eigenvalue weighted by atomic mass is 9.98. The molecule has 0 bridgehead atoms. The van der Waals surface area contributed by atoms with Crippen molar-refractivity contribution in [3.05, 3.63) is 47.8 Å². The van der Waals surface area contributed by atoms with Gasteiger partial charge in [-0.05, 0) is 48.8 Å². The number of benzene rings is 1. The van der Waals surface area contributed by atoms with E-state index in [9.17, 15) is 0 Å². The summed E-state index contributed by atoms with van der Waals surface area (Å²) in [7, 11) is 0. The van der Waals surface area contributed by atoms with Crippen LogP contribution in [0.4, 0.5) is 11.6 Å². The van der Waals surface area contributed by atoms with Crippen LogP contribution in [-0.2, 0) is 12.8 Å². The molecule has 152 valence electrons. The van der Waals surface area contributed by atoms with Crippen molar-refractivity contribution in [3.8, 4) is 0 Å². The van der Waals surface area contributed by atoms with E-state index in [1.807, 2.05) is 6.07 Å². The second-order valence-corrected chi connectivity index (χ2v) is 7.01. The first-order chi connectivity index (χ1) is 13.2. The monoisotopic (exact) mass is 494 g/mol. The van der Waals surface area contributed by atoms with Crippen LogP contribution in [-0.4, -0.2) is 35.6 Å². The van der Waals surface area contributed by atoms with Crippen molar-refractivity contribution in [2.45, 2.75) is 39.5 Å². The Hall–Kier alpha value is -1.90. The molecule has 0 saturated carbocycles. The predicted molar refractivity (Wildman–Crippen MR) is 128 cm³/mol. The molecule has 7 heteroatoms. The fourth-order valence-corrected chi connectivity index (χ4v) is 3.65. The highest BCUT2D eigenvalue weighted by Gasteiger charge is 2.21. The number of nitrogens with one attached hydrogen (secondary N) is 1. The van der Waals surface area contributed by atoms with E-state index in [4.69, 9.17) is 5.73 Å². The maximum atomic E-state index is 6.22. The summed E-state index contributed by atoms with van der Waals surface area (Å²) in [6.45, 7) is 6.97. The molecule has 1 aliphatic heterocycles. The minimum Gasteiger partial charge on any atom is -0.370 e. The Morgan fingerprint density at radius 3 is 2.50 bits per heavy atom. The second kappa shape index (κ2) is 11.2. The molecule has 0 radical (unpaired) electrons. The maximum absolute atomic E-state index is 6.22. The van der Waals surface area contributed by atoms with Gasteiger partial charge in [0.25, 0.3) is 0 Å². The second-order valence-electron chi connectivity index (χ2n) is 7.01. The summed E-state index contributed by atoms with van der Waals surface area (Å²) in [5.41, 5.74) is 9.88. The SMILES string of the molecule is CCc1cccc(CC)c1NC(N)=NCC1CCCN(c2ncccn2)C1.I. The number of aliphatic imine (C=N–C) groups is 1. The molecule has 0 aliphatic carbocycles. The average Bonchev–Trinajstić information content (AvgIpc) is 2.73. The van der Waals surface area contributed by atoms with E-state index in [0.717, 1.165) is 57.0 Å². The Morgan fingerprint density at radius 1 is 1.18 bits per heavy atom. The summed E-state index contributed by atoms with van der Waals surface area (Å²) in [5, 5.41) is 3.35. The van der Waals surface area contributed by atoms with Crippen LogP contribution in [0.5, 0.6) is 0 Å². The molecule has 6 nitrogen and oxygen atoms in total. The highest BCUT2D eigenvalue weighted by Crippen LogP contribution is 2.23. The number of piperidine rings is 1. The summed E-state index contributed by atoms with van der Waals surface area (Å²) >= 11 is 0. The number of aryl methyl sites for hydroxylation is 2. The zero-order valence-electron chi connectivity index (χ0n) is 16.8. The van der Waals surface area contributed by atoms with Crippen LogP contribution in [0.3, 0.4) is 0 Å². The molecule has 2 aromatic rings. The first-order valence-corrected chi connectivity index (χ1v) is 9.90. The number of halogens is 1. The van der Waals surface area contributed by atoms with Crippen LogP contribution in [0.2, 0.25) is 0 Å². The standard InChI is InChI=1S/C21H30N6.HI/c1-3-17-9-5-10-18(4-2)19(17)26-20(22)25-14-16-8-6-13-27(15-16)21-23-11-7-12-24-21;/h5,7,9-12,16H,3-4,6,8,13-15H2,1-2H3,(H3,22,25,26);1H. The number of hydrogen-bond donors (Lipinski definition) is 2. The fraction of sp³-hybridized carbons (Fsp3) is 0.476. The van der Waals surface area contributed by atoms with Crippen molar-refractivity contribution < 1.29 is 0 Å². The van der Waals surface area contributed by atoms with E-state index in [0.29, 0.717) is 11.9 Å². The van der Waals surface area contributed by atoms with E-state index >= 15 is 0 Å². The van der Waals surface area contributed by atoms with E-state index in [-0.39, 0.29) is 24.0 Å². The largest absolute Gasteiger partial charge is 0.370 e. The number of anilines is 2. The topological polar surface area (TPSA) is 79.4 Å². The number of rotatable bonds is 6. The molecule has 1 atom stereocenters. The first kappa shape index (κ1) is 22.4. The molecule has 28 heavy (non-hydrogen) atoms. The highest BCUT2D eigenvalue weighted by molar-refractivity contribution is 14.0. The highest BCUT2D eigenvalue weighted by atomic mass is 127. The van der Waals surface area contributed by atoms with Gasteiger partial charge in [0, 0.05) is 37.7 Å². The molecule has 1 saturated heterocycles. The van der Waals surface area contributed by atoms with Crippen molar-refractivity contribution in [1.82, 2.24) is 9.97 Å². The van der Waals surface area contributed by atoms with Gasteiger partial charge in [0.2, 0.25) is 5.95 Å². The van der Waals surface area contributed by atoms with E-state index in [1.165, 1.54) is 11.1 Å². The number of hydrogen-bond acceptors (Lipinski definition) is 4. The quantitative estimate of drug-likeness (QED) is 0.362. The van der Waals surface area contributed by atoms with Gasteiger partial charge in [-0.3, -0.25) is 4.99 Å². The summed E-state index contributed by atoms with van der Waals surface area (Å²) in [5.74, 6) is 1.77. The van der Waals surface area contributed by atoms with Crippen molar-refractivity contribution in [2.75, 3.05) is 29.9 Å². The van der Waals surface area contributed by atoms with Crippen LogP contribution in [0.25, 0.3) is 0 Å². The van der Waals surface area contributed by atoms with Crippen LogP contribution < -0.4 is 16.0 Å². The van der Waals surface area contributed by atoms with Gasteiger partial charge < -0.3 is 16.0 Å². The van der Waals surface area contributed by atoms with E-state index in [2.05, 4.69) is 57.2 Å². The molecule has 1 fully saturated rings. The molecule has 0 spiro atoms. The Morgan fingerprint density at radius 2 is 1.86 bits per heavy atom. The van der Waals surface area contributed by atoms with Crippen molar-refractivity contribution in [1.29, 1.82) is 0 Å². The Kier molecular flexibility index (Phi) is 8.95. The summed E-state index contributed by atoms with van der Waals surface area (Å²) in [4.78, 5) is 15.6. The molecular formula is C21H31IN6. The first-order valence-electron chi connectivity index (χ1n) is 9.90. The Bertz CT molecular complexity index is 742. The van der Waals surface area contributed by atoms with Crippen molar-refractivity contribution in [3.63, 3.8) is 0 Å². The van der Waals surface area contributed by atoms with Crippen LogP contribution >= 0.6 is 24.0 Å². The number of para-hydroxylation sites is 1. The van der Waals surface area contributed by atoms with Gasteiger partial charge in [0.05, 0.1) is 0 Å². The molecule has 2 heterocycles. The Labute approximate surface area is 185 Å². The third-order valence-corrected chi connectivity index (χ3v) is 5.13. The normalized spacial score (nSPS) is 17.1. The summed E-state index contributed by atoms with van der Waals surface area (Å²) in [6.07, 6.45) is 7.82. The fourth-order valence-electron chi connectivity index (χ4n) is 3.65. The zero-order chi connectivity index (χ0) is 19.1. The molecule has 3 rings (SSSR count). The third kappa shape index (κ3) is 5.80. The molecule has 0 amide bonds. The molecule has 1 aromatic carbocycles. The predicted octanol–water partition coefficient (Wildman–Crippen LogP) is 3.86.